The van der Waals surface area contributed by atoms with Crippen LogP contribution in [0.25, 0.3) is 0 Å². The molecule has 0 bridgehead atoms. The van der Waals surface area contributed by atoms with Crippen LogP contribution in [0.1, 0.15) is 18.9 Å². The summed E-state index contributed by atoms with van der Waals surface area (Å²) in [6.07, 6.45) is 0.439. The average molecular weight is 263 g/mol. The number of aliphatic carboxylic acids is 1. The first kappa shape index (κ1) is 13.4. The van der Waals surface area contributed by atoms with Gasteiger partial charge in [-0.25, -0.2) is 0 Å². The Morgan fingerprint density at radius 1 is 1.37 bits per heavy atom. The van der Waals surface area contributed by atoms with Crippen molar-refractivity contribution >= 4 is 11.9 Å². The molecule has 0 spiro atoms. The maximum atomic E-state index is 11.7. The molecule has 1 aliphatic carbocycles. The number of carboxylic acids is 1. The second-order valence-corrected chi connectivity index (χ2v) is 4.55. The summed E-state index contributed by atoms with van der Waals surface area (Å²) < 4.78 is 5.46. The summed E-state index contributed by atoms with van der Waals surface area (Å²) in [6.45, 7) is 2.82. The first-order chi connectivity index (χ1) is 9.13. The Balaban J connectivity index is 1.89. The highest BCUT2D eigenvalue weighted by Gasteiger charge is 2.48. The zero-order valence-electron chi connectivity index (χ0n) is 10.8. The number of ether oxygens (including phenoxy) is 1. The minimum Gasteiger partial charge on any atom is -0.494 e. The molecule has 2 atom stereocenters. The van der Waals surface area contributed by atoms with Gasteiger partial charge in [0.15, 0.2) is 0 Å². The van der Waals surface area contributed by atoms with Gasteiger partial charge in [-0.3, -0.25) is 9.59 Å². The Morgan fingerprint density at radius 3 is 2.74 bits per heavy atom. The van der Waals surface area contributed by atoms with Gasteiger partial charge in [-0.05, 0) is 19.4 Å². The Hall–Kier alpha value is -2.04. The van der Waals surface area contributed by atoms with Crippen LogP contribution in [0.5, 0.6) is 5.75 Å². The molecule has 0 saturated heterocycles. The second kappa shape index (κ2) is 5.73. The van der Waals surface area contributed by atoms with Crippen molar-refractivity contribution < 1.29 is 19.4 Å². The first-order valence-electron chi connectivity index (χ1n) is 6.34. The molecule has 5 heteroatoms. The number of hydrogen-bond donors (Lipinski definition) is 2. The molecule has 0 aliphatic heterocycles. The Labute approximate surface area is 111 Å². The van der Waals surface area contributed by atoms with Crippen LogP contribution in [0.2, 0.25) is 0 Å². The predicted molar refractivity (Wildman–Crippen MR) is 68.7 cm³/mol. The highest BCUT2D eigenvalue weighted by molar-refractivity contribution is 5.89. The standard InChI is InChI=1S/C14H17NO4/c1-2-19-12-6-4-3-5-9(12)8-15-13(16)10-7-11(10)14(17)18/h3-6,10-11H,2,7-8H2,1H3,(H,15,16)(H,17,18)/t10-,11-/m0/s1. The molecule has 0 radical (unpaired) electrons. The van der Waals surface area contributed by atoms with Gasteiger partial charge in [-0.1, -0.05) is 18.2 Å². The van der Waals surface area contributed by atoms with E-state index in [4.69, 9.17) is 9.84 Å². The van der Waals surface area contributed by atoms with Crippen molar-refractivity contribution in [1.29, 1.82) is 0 Å². The molecule has 1 amide bonds. The van der Waals surface area contributed by atoms with Crippen LogP contribution in [0, 0.1) is 11.8 Å². The molecule has 0 heterocycles. The van der Waals surface area contributed by atoms with E-state index in [0.717, 1.165) is 11.3 Å². The number of carbonyl (C=O) groups is 2. The molecule has 1 fully saturated rings. The van der Waals surface area contributed by atoms with Crippen molar-refractivity contribution in [3.63, 3.8) is 0 Å². The van der Waals surface area contributed by atoms with E-state index in [-0.39, 0.29) is 11.8 Å². The summed E-state index contributed by atoms with van der Waals surface area (Å²) in [4.78, 5) is 22.4. The normalized spacial score (nSPS) is 20.7. The van der Waals surface area contributed by atoms with Gasteiger partial charge in [0.2, 0.25) is 5.91 Å². The highest BCUT2D eigenvalue weighted by Crippen LogP contribution is 2.38. The van der Waals surface area contributed by atoms with Crippen LogP contribution in [-0.2, 0) is 16.1 Å². The Morgan fingerprint density at radius 2 is 2.11 bits per heavy atom. The SMILES string of the molecule is CCOc1ccccc1CNC(=O)[C@H]1C[C@@H]1C(=O)O. The minimum atomic E-state index is -0.894. The molecule has 19 heavy (non-hydrogen) atoms. The van der Waals surface area contributed by atoms with Crippen LogP contribution in [0.3, 0.4) is 0 Å². The van der Waals surface area contributed by atoms with E-state index in [1.807, 2.05) is 31.2 Å². The van der Waals surface area contributed by atoms with E-state index < -0.39 is 11.9 Å². The molecule has 2 N–H and O–H groups in total. The first-order valence-corrected chi connectivity index (χ1v) is 6.34. The molecular formula is C14H17NO4. The van der Waals surface area contributed by atoms with E-state index in [0.29, 0.717) is 19.6 Å². The average Bonchev–Trinajstić information content (AvgIpc) is 3.18. The molecule has 0 aromatic heterocycles. The summed E-state index contributed by atoms with van der Waals surface area (Å²) in [5.41, 5.74) is 0.894. The number of benzene rings is 1. The van der Waals surface area contributed by atoms with Gasteiger partial charge in [0, 0.05) is 12.1 Å². The third-order valence-corrected chi connectivity index (χ3v) is 3.17. The van der Waals surface area contributed by atoms with E-state index in [9.17, 15) is 9.59 Å². The Bertz CT molecular complexity index is 486. The van der Waals surface area contributed by atoms with Gasteiger partial charge < -0.3 is 15.2 Å². The summed E-state index contributed by atoms with van der Waals surface area (Å²) in [5, 5.41) is 11.5. The van der Waals surface area contributed by atoms with Crippen LogP contribution < -0.4 is 10.1 Å². The third-order valence-electron chi connectivity index (χ3n) is 3.17. The Kier molecular flexibility index (Phi) is 4.04. The van der Waals surface area contributed by atoms with E-state index in [1.165, 1.54) is 0 Å². The fourth-order valence-corrected chi connectivity index (χ4v) is 2.02. The monoisotopic (exact) mass is 263 g/mol. The number of nitrogens with one attached hydrogen (secondary N) is 1. The summed E-state index contributed by atoms with van der Waals surface area (Å²) >= 11 is 0. The molecule has 5 nitrogen and oxygen atoms in total. The van der Waals surface area contributed by atoms with Gasteiger partial charge in [0.25, 0.3) is 0 Å². The summed E-state index contributed by atoms with van der Waals surface area (Å²) in [6, 6.07) is 7.48. The predicted octanol–water partition coefficient (Wildman–Crippen LogP) is 1.42. The number of para-hydroxylation sites is 1. The summed E-state index contributed by atoms with van der Waals surface area (Å²) in [7, 11) is 0. The smallest absolute Gasteiger partial charge is 0.307 e. The van der Waals surface area contributed by atoms with Crippen molar-refractivity contribution in [2.24, 2.45) is 11.8 Å². The van der Waals surface area contributed by atoms with Crippen molar-refractivity contribution in [3.8, 4) is 5.75 Å². The number of carbonyl (C=O) groups excluding carboxylic acids is 1. The zero-order chi connectivity index (χ0) is 13.8. The van der Waals surface area contributed by atoms with Crippen LogP contribution in [-0.4, -0.2) is 23.6 Å². The van der Waals surface area contributed by atoms with Crippen LogP contribution in [0.4, 0.5) is 0 Å². The number of hydrogen-bond acceptors (Lipinski definition) is 3. The molecule has 1 aromatic rings. The molecule has 1 aromatic carbocycles. The lowest BCUT2D eigenvalue weighted by atomic mass is 10.2. The van der Waals surface area contributed by atoms with Crippen molar-refractivity contribution in [2.75, 3.05) is 6.61 Å². The maximum Gasteiger partial charge on any atom is 0.307 e. The van der Waals surface area contributed by atoms with Crippen LogP contribution >= 0.6 is 0 Å². The van der Waals surface area contributed by atoms with Crippen molar-refractivity contribution in [1.82, 2.24) is 5.32 Å². The highest BCUT2D eigenvalue weighted by atomic mass is 16.5. The van der Waals surface area contributed by atoms with E-state index in [1.54, 1.807) is 0 Å². The van der Waals surface area contributed by atoms with Crippen LogP contribution in [0.15, 0.2) is 24.3 Å². The quantitative estimate of drug-likeness (QED) is 0.814. The van der Waals surface area contributed by atoms with Gasteiger partial charge >= 0.3 is 5.97 Å². The topological polar surface area (TPSA) is 75.6 Å². The molecule has 102 valence electrons. The van der Waals surface area contributed by atoms with Gasteiger partial charge in [0.05, 0.1) is 18.4 Å². The number of rotatable bonds is 6. The molecule has 2 rings (SSSR count). The number of amides is 1. The molecule has 1 saturated carbocycles. The lowest BCUT2D eigenvalue weighted by molar-refractivity contribution is -0.140. The summed E-state index contributed by atoms with van der Waals surface area (Å²) in [5.74, 6) is -1.23. The lowest BCUT2D eigenvalue weighted by Crippen LogP contribution is -2.26. The van der Waals surface area contributed by atoms with Gasteiger partial charge in [0.1, 0.15) is 5.75 Å². The van der Waals surface area contributed by atoms with Gasteiger partial charge in [-0.15, -0.1) is 0 Å². The molecular weight excluding hydrogens is 246 g/mol. The van der Waals surface area contributed by atoms with E-state index >= 15 is 0 Å². The fourth-order valence-electron chi connectivity index (χ4n) is 2.02. The minimum absolute atomic E-state index is 0.196. The zero-order valence-corrected chi connectivity index (χ0v) is 10.8. The molecule has 1 aliphatic rings. The second-order valence-electron chi connectivity index (χ2n) is 4.55. The fraction of sp³-hybridized carbons (Fsp3) is 0.429. The van der Waals surface area contributed by atoms with Gasteiger partial charge in [-0.2, -0.15) is 0 Å². The van der Waals surface area contributed by atoms with E-state index in [2.05, 4.69) is 5.32 Å². The largest absolute Gasteiger partial charge is 0.494 e. The maximum absolute atomic E-state index is 11.7. The third kappa shape index (κ3) is 3.24. The van der Waals surface area contributed by atoms with Crippen molar-refractivity contribution in [3.05, 3.63) is 29.8 Å². The molecule has 0 unspecified atom stereocenters. The number of carboxylic acid groups (broad SMARTS) is 1. The van der Waals surface area contributed by atoms with Crippen molar-refractivity contribution in [2.45, 2.75) is 19.9 Å². The lowest BCUT2D eigenvalue weighted by Gasteiger charge is -2.10.